The summed E-state index contributed by atoms with van der Waals surface area (Å²) in [4.78, 5) is 23.8. The summed E-state index contributed by atoms with van der Waals surface area (Å²) in [5.41, 5.74) is -0.0648. The number of ketones is 1. The predicted molar refractivity (Wildman–Crippen MR) is 94.2 cm³/mol. The summed E-state index contributed by atoms with van der Waals surface area (Å²) >= 11 is 0. The zero-order valence-corrected chi connectivity index (χ0v) is 15.8. The van der Waals surface area contributed by atoms with Gasteiger partial charge < -0.3 is 5.11 Å². The second-order valence-corrected chi connectivity index (χ2v) is 8.21. The van der Waals surface area contributed by atoms with Crippen LogP contribution >= 0.6 is 0 Å². The van der Waals surface area contributed by atoms with E-state index in [-0.39, 0.29) is 23.7 Å². The van der Waals surface area contributed by atoms with E-state index < -0.39 is 11.7 Å². The van der Waals surface area contributed by atoms with Crippen LogP contribution in [-0.4, -0.2) is 28.7 Å². The molecule has 0 saturated carbocycles. The molecule has 4 nitrogen and oxygen atoms in total. The molecule has 2 aliphatic carbocycles. The molecule has 136 valence electrons. The third kappa shape index (κ3) is 4.16. The summed E-state index contributed by atoms with van der Waals surface area (Å²) in [5, 5.41) is 10.2. The van der Waals surface area contributed by atoms with Gasteiger partial charge in [0, 0.05) is 6.42 Å². The third-order valence-electron chi connectivity index (χ3n) is 5.55. The standard InChI is InChI=1S/C20H32O4/c1-12(2)15-7-8-20(6,19(22)10-15)24-23-18-11-16(13(3)4)17(21)9-14(18)5/h7-9,12-13,15-18,21H,10-11H2,1-6H3/t15-,16-,17+,18+,20+/m1/s1. The Hall–Kier alpha value is -0.970. The number of carbonyl (C=O) groups excluding carboxylic acids is 1. The lowest BCUT2D eigenvalue weighted by Crippen LogP contribution is -2.43. The second-order valence-electron chi connectivity index (χ2n) is 8.21. The third-order valence-corrected chi connectivity index (χ3v) is 5.55. The lowest BCUT2D eigenvalue weighted by Gasteiger charge is -2.36. The minimum atomic E-state index is -1.02. The molecule has 1 N–H and O–H groups in total. The molecule has 0 saturated heterocycles. The summed E-state index contributed by atoms with van der Waals surface area (Å²) in [5.74, 6) is 1.26. The van der Waals surface area contributed by atoms with Gasteiger partial charge in [-0.05, 0) is 55.6 Å². The van der Waals surface area contributed by atoms with Crippen LogP contribution in [0.5, 0.6) is 0 Å². The van der Waals surface area contributed by atoms with Gasteiger partial charge in [-0.1, -0.05) is 39.8 Å². The maximum Gasteiger partial charge on any atom is 0.177 e. The highest BCUT2D eigenvalue weighted by molar-refractivity contribution is 5.90. The van der Waals surface area contributed by atoms with Crippen molar-refractivity contribution in [2.24, 2.45) is 23.7 Å². The fourth-order valence-corrected chi connectivity index (χ4v) is 3.43. The van der Waals surface area contributed by atoms with Crippen molar-refractivity contribution in [3.8, 4) is 0 Å². The van der Waals surface area contributed by atoms with Gasteiger partial charge in [-0.25, -0.2) is 9.78 Å². The fraction of sp³-hybridized carbons (Fsp3) is 0.750. The molecule has 2 aliphatic rings. The van der Waals surface area contributed by atoms with Crippen LogP contribution in [0.15, 0.2) is 23.8 Å². The van der Waals surface area contributed by atoms with Crippen molar-refractivity contribution in [3.63, 3.8) is 0 Å². The lowest BCUT2D eigenvalue weighted by atomic mass is 9.79. The highest BCUT2D eigenvalue weighted by Crippen LogP contribution is 2.34. The van der Waals surface area contributed by atoms with Gasteiger partial charge in [0.05, 0.1) is 6.10 Å². The Morgan fingerprint density at radius 2 is 1.92 bits per heavy atom. The monoisotopic (exact) mass is 336 g/mol. The molecule has 0 aromatic rings. The van der Waals surface area contributed by atoms with Gasteiger partial charge in [-0.2, -0.15) is 0 Å². The van der Waals surface area contributed by atoms with E-state index in [1.807, 2.05) is 19.1 Å². The van der Waals surface area contributed by atoms with E-state index in [2.05, 4.69) is 33.8 Å². The van der Waals surface area contributed by atoms with Crippen molar-refractivity contribution in [2.45, 2.75) is 72.2 Å². The van der Waals surface area contributed by atoms with Crippen LogP contribution in [-0.2, 0) is 14.6 Å². The van der Waals surface area contributed by atoms with Crippen molar-refractivity contribution in [3.05, 3.63) is 23.8 Å². The number of carbonyl (C=O) groups is 1. The number of aliphatic hydroxyl groups excluding tert-OH is 1. The van der Waals surface area contributed by atoms with E-state index in [1.165, 1.54) is 0 Å². The molecular formula is C20H32O4. The maximum atomic E-state index is 12.5. The van der Waals surface area contributed by atoms with E-state index >= 15 is 0 Å². The Balaban J connectivity index is 2.03. The molecule has 0 amide bonds. The number of Topliss-reactive ketones (excluding diaryl/α,β-unsaturated/α-hetero) is 1. The Labute approximate surface area is 145 Å². The maximum absolute atomic E-state index is 12.5. The lowest BCUT2D eigenvalue weighted by molar-refractivity contribution is -0.357. The summed E-state index contributed by atoms with van der Waals surface area (Å²) in [6.07, 6.45) is 6.27. The van der Waals surface area contributed by atoms with Gasteiger partial charge in [0.2, 0.25) is 0 Å². The Kier molecular flexibility index (Phi) is 6.05. The average molecular weight is 336 g/mol. The molecule has 0 aliphatic heterocycles. The highest BCUT2D eigenvalue weighted by atomic mass is 17.2. The van der Waals surface area contributed by atoms with Crippen LogP contribution in [0.1, 0.15) is 54.4 Å². The first-order chi connectivity index (χ1) is 11.1. The van der Waals surface area contributed by atoms with Gasteiger partial charge in [-0.3, -0.25) is 4.79 Å². The molecule has 0 spiro atoms. The van der Waals surface area contributed by atoms with Gasteiger partial charge in [0.15, 0.2) is 11.4 Å². The minimum Gasteiger partial charge on any atom is -0.389 e. The second kappa shape index (κ2) is 7.51. The molecule has 0 aromatic heterocycles. The first-order valence-corrected chi connectivity index (χ1v) is 9.07. The zero-order valence-electron chi connectivity index (χ0n) is 15.8. The first-order valence-electron chi connectivity index (χ1n) is 9.07. The van der Waals surface area contributed by atoms with Crippen molar-refractivity contribution >= 4 is 5.78 Å². The quantitative estimate of drug-likeness (QED) is 0.471. The van der Waals surface area contributed by atoms with E-state index in [1.54, 1.807) is 6.92 Å². The van der Waals surface area contributed by atoms with Crippen molar-refractivity contribution in [1.29, 1.82) is 0 Å². The molecule has 4 heteroatoms. The van der Waals surface area contributed by atoms with Crippen LogP contribution in [0.3, 0.4) is 0 Å². The van der Waals surface area contributed by atoms with E-state index in [9.17, 15) is 9.90 Å². The van der Waals surface area contributed by atoms with Crippen LogP contribution in [0, 0.1) is 23.7 Å². The summed E-state index contributed by atoms with van der Waals surface area (Å²) in [7, 11) is 0. The van der Waals surface area contributed by atoms with E-state index in [0.29, 0.717) is 24.7 Å². The summed E-state index contributed by atoms with van der Waals surface area (Å²) in [6, 6.07) is 0. The molecule has 0 fully saturated rings. The van der Waals surface area contributed by atoms with Crippen LogP contribution in [0.2, 0.25) is 0 Å². The number of hydrogen-bond acceptors (Lipinski definition) is 4. The Morgan fingerprint density at radius 3 is 2.46 bits per heavy atom. The normalized spacial score (nSPS) is 37.2. The molecule has 0 radical (unpaired) electrons. The molecular weight excluding hydrogens is 304 g/mol. The van der Waals surface area contributed by atoms with Gasteiger partial charge in [0.1, 0.15) is 6.10 Å². The first kappa shape index (κ1) is 19.4. The van der Waals surface area contributed by atoms with Gasteiger partial charge in [0.25, 0.3) is 0 Å². The Bertz CT molecular complexity index is 520. The van der Waals surface area contributed by atoms with Gasteiger partial charge in [-0.15, -0.1) is 0 Å². The molecule has 5 atom stereocenters. The molecule has 24 heavy (non-hydrogen) atoms. The number of allylic oxidation sites excluding steroid dienone is 1. The number of rotatable bonds is 5. The van der Waals surface area contributed by atoms with Gasteiger partial charge >= 0.3 is 0 Å². The summed E-state index contributed by atoms with van der Waals surface area (Å²) < 4.78 is 0. The molecule has 0 bridgehead atoms. The largest absolute Gasteiger partial charge is 0.389 e. The van der Waals surface area contributed by atoms with E-state index in [4.69, 9.17) is 9.78 Å². The summed E-state index contributed by atoms with van der Waals surface area (Å²) in [6.45, 7) is 12.1. The SMILES string of the molecule is CC1=C[C@H](O)[C@@H](C(C)C)C[C@@H]1OO[C@@]1(C)C=C[C@@H](C(C)C)CC1=O. The number of aliphatic hydroxyl groups is 1. The molecule has 2 rings (SSSR count). The molecule has 0 aromatic carbocycles. The topological polar surface area (TPSA) is 55.8 Å². The van der Waals surface area contributed by atoms with Crippen LogP contribution < -0.4 is 0 Å². The molecule has 0 heterocycles. The van der Waals surface area contributed by atoms with E-state index in [0.717, 1.165) is 5.57 Å². The van der Waals surface area contributed by atoms with Crippen molar-refractivity contribution in [2.75, 3.05) is 0 Å². The van der Waals surface area contributed by atoms with Crippen LogP contribution in [0.4, 0.5) is 0 Å². The molecule has 0 unspecified atom stereocenters. The minimum absolute atomic E-state index is 0.0570. The highest BCUT2D eigenvalue weighted by Gasteiger charge is 2.40. The average Bonchev–Trinajstić information content (AvgIpc) is 2.48. The van der Waals surface area contributed by atoms with Crippen molar-refractivity contribution in [1.82, 2.24) is 0 Å². The predicted octanol–water partition coefficient (Wildman–Crippen LogP) is 3.85. The Morgan fingerprint density at radius 1 is 1.25 bits per heavy atom. The number of hydrogen-bond donors (Lipinski definition) is 1. The fourth-order valence-electron chi connectivity index (χ4n) is 3.43. The zero-order chi connectivity index (χ0) is 18.1. The van der Waals surface area contributed by atoms with Crippen LogP contribution in [0.25, 0.3) is 0 Å². The smallest absolute Gasteiger partial charge is 0.177 e. The van der Waals surface area contributed by atoms with Crippen molar-refractivity contribution < 1.29 is 19.7 Å².